The number of nitrogens with zero attached hydrogens (tertiary/aromatic N) is 2. The molecule has 0 unspecified atom stereocenters. The van der Waals surface area contributed by atoms with Gasteiger partial charge >= 0.3 is 0 Å². The maximum absolute atomic E-state index is 4.67. The molecular formula is C13H10BrN3S. The highest BCUT2D eigenvalue weighted by Gasteiger charge is 2.12. The van der Waals surface area contributed by atoms with Crippen LogP contribution < -0.4 is 0 Å². The number of hydrogen-bond acceptors (Lipinski definition) is 3. The molecule has 3 rings (SSSR count). The van der Waals surface area contributed by atoms with Crippen molar-refractivity contribution >= 4 is 27.3 Å². The number of nitrogens with one attached hydrogen (secondary N) is 1. The molecule has 1 N–H and O–H groups in total. The lowest BCUT2D eigenvalue weighted by Gasteiger charge is -1.98. The first kappa shape index (κ1) is 11.6. The van der Waals surface area contributed by atoms with Crippen molar-refractivity contribution in [2.75, 3.05) is 0 Å². The molecular weight excluding hydrogens is 310 g/mol. The van der Waals surface area contributed by atoms with Crippen LogP contribution in [0.3, 0.4) is 0 Å². The van der Waals surface area contributed by atoms with Crippen molar-refractivity contribution in [3.05, 3.63) is 46.0 Å². The molecule has 90 valence electrons. The van der Waals surface area contributed by atoms with Gasteiger partial charge < -0.3 is 4.98 Å². The second-order valence-corrected chi connectivity index (χ2v) is 5.99. The molecule has 3 aromatic rings. The van der Waals surface area contributed by atoms with E-state index in [1.165, 1.54) is 4.88 Å². The van der Waals surface area contributed by atoms with Crippen molar-refractivity contribution in [2.24, 2.45) is 0 Å². The van der Waals surface area contributed by atoms with E-state index < -0.39 is 0 Å². The van der Waals surface area contributed by atoms with Crippen molar-refractivity contribution in [3.8, 4) is 22.1 Å². The van der Waals surface area contributed by atoms with E-state index in [1.54, 1.807) is 17.5 Å². The van der Waals surface area contributed by atoms with E-state index in [9.17, 15) is 0 Å². The zero-order chi connectivity index (χ0) is 12.5. The van der Waals surface area contributed by atoms with Gasteiger partial charge in [-0.3, -0.25) is 0 Å². The second kappa shape index (κ2) is 4.66. The van der Waals surface area contributed by atoms with Crippen LogP contribution in [0.25, 0.3) is 22.1 Å². The summed E-state index contributed by atoms with van der Waals surface area (Å²) in [4.78, 5) is 13.2. The van der Waals surface area contributed by atoms with E-state index in [0.29, 0.717) is 0 Å². The first-order valence-corrected chi connectivity index (χ1v) is 7.08. The van der Waals surface area contributed by atoms with Crippen LogP contribution in [0.4, 0.5) is 0 Å². The van der Waals surface area contributed by atoms with Crippen LogP contribution in [0.15, 0.2) is 41.1 Å². The lowest BCUT2D eigenvalue weighted by Crippen LogP contribution is -1.82. The SMILES string of the molecule is Cc1sc(-c2ncc[nH]2)nc1-c1cccc(Br)c1. The van der Waals surface area contributed by atoms with E-state index in [0.717, 1.165) is 26.6 Å². The maximum Gasteiger partial charge on any atom is 0.166 e. The normalized spacial score (nSPS) is 10.8. The minimum absolute atomic E-state index is 0.823. The Kier molecular flexibility index (Phi) is 3.01. The number of H-pyrrole nitrogens is 1. The van der Waals surface area contributed by atoms with Crippen molar-refractivity contribution in [1.29, 1.82) is 0 Å². The largest absolute Gasteiger partial charge is 0.343 e. The van der Waals surface area contributed by atoms with Gasteiger partial charge in [0, 0.05) is 27.3 Å². The lowest BCUT2D eigenvalue weighted by molar-refractivity contribution is 1.27. The van der Waals surface area contributed by atoms with Gasteiger partial charge in [-0.1, -0.05) is 28.1 Å². The third kappa shape index (κ3) is 2.11. The first-order chi connectivity index (χ1) is 8.74. The van der Waals surface area contributed by atoms with Crippen LogP contribution in [0.1, 0.15) is 4.88 Å². The van der Waals surface area contributed by atoms with Gasteiger partial charge in [-0.05, 0) is 19.1 Å². The van der Waals surface area contributed by atoms with Crippen LogP contribution in [-0.2, 0) is 0 Å². The third-order valence-electron chi connectivity index (χ3n) is 2.60. The highest BCUT2D eigenvalue weighted by molar-refractivity contribution is 9.10. The molecule has 0 radical (unpaired) electrons. The standard InChI is InChI=1S/C13H10BrN3S/c1-8-11(9-3-2-4-10(14)7-9)17-13(18-8)12-15-5-6-16-12/h2-7H,1H3,(H,15,16). The molecule has 0 aliphatic rings. The average Bonchev–Trinajstić information content (AvgIpc) is 2.97. The number of imidazole rings is 1. The fraction of sp³-hybridized carbons (Fsp3) is 0.0769. The van der Waals surface area contributed by atoms with Crippen LogP contribution in [0.5, 0.6) is 0 Å². The van der Waals surface area contributed by atoms with Crippen LogP contribution in [0.2, 0.25) is 0 Å². The number of aromatic amines is 1. The Hall–Kier alpha value is -1.46. The van der Waals surface area contributed by atoms with Gasteiger partial charge in [-0.15, -0.1) is 11.3 Å². The summed E-state index contributed by atoms with van der Waals surface area (Å²) in [7, 11) is 0. The van der Waals surface area contributed by atoms with Crippen LogP contribution in [0, 0.1) is 6.92 Å². The van der Waals surface area contributed by atoms with Crippen LogP contribution in [-0.4, -0.2) is 15.0 Å². The number of benzene rings is 1. The second-order valence-electron chi connectivity index (χ2n) is 3.87. The van der Waals surface area contributed by atoms with Crippen molar-refractivity contribution < 1.29 is 0 Å². The Morgan fingerprint density at radius 3 is 2.94 bits per heavy atom. The topological polar surface area (TPSA) is 41.6 Å². The maximum atomic E-state index is 4.67. The third-order valence-corrected chi connectivity index (χ3v) is 4.07. The Morgan fingerprint density at radius 1 is 1.33 bits per heavy atom. The Bertz CT molecular complexity index is 673. The molecule has 0 spiro atoms. The number of aryl methyl sites for hydroxylation is 1. The summed E-state index contributed by atoms with van der Waals surface area (Å²) < 4.78 is 1.06. The Balaban J connectivity index is 2.09. The van der Waals surface area contributed by atoms with Gasteiger partial charge in [0.1, 0.15) is 0 Å². The summed E-state index contributed by atoms with van der Waals surface area (Å²) >= 11 is 5.14. The summed E-state index contributed by atoms with van der Waals surface area (Å²) in [5.41, 5.74) is 2.14. The molecule has 2 heterocycles. The summed E-state index contributed by atoms with van der Waals surface area (Å²) in [5, 5.41) is 0.924. The Morgan fingerprint density at radius 2 is 2.22 bits per heavy atom. The fourth-order valence-corrected chi connectivity index (χ4v) is 3.08. The van der Waals surface area contributed by atoms with Crippen molar-refractivity contribution in [1.82, 2.24) is 15.0 Å². The average molecular weight is 320 g/mol. The molecule has 0 fully saturated rings. The van der Waals surface area contributed by atoms with Gasteiger partial charge in [0.25, 0.3) is 0 Å². The molecule has 0 saturated heterocycles. The molecule has 18 heavy (non-hydrogen) atoms. The molecule has 3 nitrogen and oxygen atoms in total. The summed E-state index contributed by atoms with van der Waals surface area (Å²) in [6.07, 6.45) is 3.55. The number of halogens is 1. The molecule has 0 aliphatic carbocycles. The summed E-state index contributed by atoms with van der Waals surface area (Å²) in [6.45, 7) is 2.08. The summed E-state index contributed by atoms with van der Waals surface area (Å²) in [6, 6.07) is 8.18. The van der Waals surface area contributed by atoms with Crippen molar-refractivity contribution in [3.63, 3.8) is 0 Å². The van der Waals surface area contributed by atoms with E-state index in [4.69, 9.17) is 0 Å². The van der Waals surface area contributed by atoms with Gasteiger partial charge in [0.2, 0.25) is 0 Å². The molecule has 2 aromatic heterocycles. The number of rotatable bonds is 2. The van der Waals surface area contributed by atoms with E-state index >= 15 is 0 Å². The monoisotopic (exact) mass is 319 g/mol. The predicted molar refractivity (Wildman–Crippen MR) is 77.6 cm³/mol. The van der Waals surface area contributed by atoms with Gasteiger partial charge in [-0.2, -0.15) is 0 Å². The highest BCUT2D eigenvalue weighted by Crippen LogP contribution is 2.32. The smallest absolute Gasteiger partial charge is 0.166 e. The van der Waals surface area contributed by atoms with Crippen LogP contribution >= 0.6 is 27.3 Å². The lowest BCUT2D eigenvalue weighted by atomic mass is 10.1. The van der Waals surface area contributed by atoms with Crippen molar-refractivity contribution in [2.45, 2.75) is 6.92 Å². The molecule has 0 bridgehead atoms. The van der Waals surface area contributed by atoms with Gasteiger partial charge in [-0.25, -0.2) is 9.97 Å². The highest BCUT2D eigenvalue weighted by atomic mass is 79.9. The number of thiazole rings is 1. The van der Waals surface area contributed by atoms with E-state index in [1.807, 2.05) is 18.3 Å². The molecule has 0 saturated carbocycles. The van der Waals surface area contributed by atoms with E-state index in [-0.39, 0.29) is 0 Å². The molecule has 0 aliphatic heterocycles. The molecule has 1 aromatic carbocycles. The molecule has 0 amide bonds. The van der Waals surface area contributed by atoms with E-state index in [2.05, 4.69) is 49.9 Å². The molecule has 5 heteroatoms. The molecule has 0 atom stereocenters. The number of aromatic nitrogens is 3. The summed E-state index contributed by atoms with van der Waals surface area (Å²) in [5.74, 6) is 0.823. The minimum Gasteiger partial charge on any atom is -0.343 e. The van der Waals surface area contributed by atoms with Gasteiger partial charge in [0.15, 0.2) is 10.8 Å². The first-order valence-electron chi connectivity index (χ1n) is 5.47. The minimum atomic E-state index is 0.823. The van der Waals surface area contributed by atoms with Gasteiger partial charge in [0.05, 0.1) is 5.69 Å². The zero-order valence-electron chi connectivity index (χ0n) is 9.64. The zero-order valence-corrected chi connectivity index (χ0v) is 12.0. The quantitative estimate of drug-likeness (QED) is 0.766. The number of hydrogen-bond donors (Lipinski definition) is 1. The predicted octanol–water partition coefficient (Wildman–Crippen LogP) is 4.27. The fourth-order valence-electron chi connectivity index (χ4n) is 1.78. The Labute approximate surface area is 117 Å².